The van der Waals surface area contributed by atoms with Gasteiger partial charge in [-0.2, -0.15) is 0 Å². The predicted octanol–water partition coefficient (Wildman–Crippen LogP) is 3.79. The smallest absolute Gasteiger partial charge is 0.335 e. The Labute approximate surface area is 125 Å². The number of benzene rings is 1. The third-order valence-electron chi connectivity index (χ3n) is 2.29. The van der Waals surface area contributed by atoms with Crippen LogP contribution in [0.2, 0.25) is 0 Å². The van der Waals surface area contributed by atoms with Gasteiger partial charge in [-0.25, -0.2) is 4.79 Å². The summed E-state index contributed by atoms with van der Waals surface area (Å²) in [5.74, 6) is 0.226. The van der Waals surface area contributed by atoms with Crippen molar-refractivity contribution in [3.63, 3.8) is 0 Å². The lowest BCUT2D eigenvalue weighted by Gasteiger charge is -2.09. The van der Waals surface area contributed by atoms with E-state index >= 15 is 0 Å². The average molecular weight is 391 g/mol. The molecule has 7 heteroatoms. The maximum Gasteiger partial charge on any atom is 0.335 e. The Morgan fingerprint density at radius 2 is 2.00 bits per heavy atom. The first-order valence-corrected chi connectivity index (χ1v) is 6.83. The average Bonchev–Trinajstić information content (AvgIpc) is 2.73. The topological polar surface area (TPSA) is 72.6 Å². The van der Waals surface area contributed by atoms with E-state index in [0.717, 1.165) is 0 Å². The number of hydrogen-bond acceptors (Lipinski definition) is 4. The van der Waals surface area contributed by atoms with E-state index in [9.17, 15) is 4.79 Å². The van der Waals surface area contributed by atoms with Gasteiger partial charge in [-0.3, -0.25) is 0 Å². The van der Waals surface area contributed by atoms with Crippen LogP contribution in [0.25, 0.3) is 0 Å². The Morgan fingerprint density at radius 3 is 2.47 bits per heavy atom. The minimum Gasteiger partial charge on any atom is -0.485 e. The molecule has 0 aliphatic heterocycles. The van der Waals surface area contributed by atoms with Gasteiger partial charge >= 0.3 is 5.97 Å². The van der Waals surface area contributed by atoms with Crippen LogP contribution in [0.5, 0.6) is 5.75 Å². The molecule has 0 saturated carbocycles. The standard InChI is InChI=1S/C12H9Br2NO4/c1-6-2-8(15-19-6)5-18-11-9(13)3-7(12(16)17)4-10(11)14/h2-4H,5H2,1H3,(H,16,17). The van der Waals surface area contributed by atoms with Gasteiger partial charge in [0.15, 0.2) is 0 Å². The first-order valence-electron chi connectivity index (χ1n) is 5.24. The molecule has 1 N–H and O–H groups in total. The van der Waals surface area contributed by atoms with Crippen molar-refractivity contribution in [3.05, 3.63) is 44.2 Å². The lowest BCUT2D eigenvalue weighted by Crippen LogP contribution is -2.00. The van der Waals surface area contributed by atoms with Gasteiger partial charge in [-0.1, -0.05) is 5.16 Å². The quantitative estimate of drug-likeness (QED) is 0.859. The summed E-state index contributed by atoms with van der Waals surface area (Å²) >= 11 is 6.57. The highest BCUT2D eigenvalue weighted by molar-refractivity contribution is 9.11. The molecule has 0 amide bonds. The highest BCUT2D eigenvalue weighted by Gasteiger charge is 2.13. The van der Waals surface area contributed by atoms with Crippen LogP contribution in [0.3, 0.4) is 0 Å². The van der Waals surface area contributed by atoms with Crippen LogP contribution >= 0.6 is 31.9 Å². The molecule has 1 aromatic heterocycles. The van der Waals surface area contributed by atoms with Gasteiger partial charge in [0.25, 0.3) is 0 Å². The van der Waals surface area contributed by atoms with Crippen LogP contribution in [0.4, 0.5) is 0 Å². The molecular weight excluding hydrogens is 382 g/mol. The predicted molar refractivity (Wildman–Crippen MR) is 74.4 cm³/mol. The highest BCUT2D eigenvalue weighted by Crippen LogP contribution is 2.35. The molecule has 0 saturated heterocycles. The van der Waals surface area contributed by atoms with E-state index in [0.29, 0.717) is 26.1 Å². The summed E-state index contributed by atoms with van der Waals surface area (Å²) < 4.78 is 11.6. The van der Waals surface area contributed by atoms with Gasteiger partial charge in [0, 0.05) is 6.07 Å². The Kier molecular flexibility index (Phi) is 4.26. The molecule has 100 valence electrons. The Bertz CT molecular complexity index is 601. The van der Waals surface area contributed by atoms with Gasteiger partial charge in [-0.15, -0.1) is 0 Å². The van der Waals surface area contributed by atoms with Gasteiger partial charge < -0.3 is 14.4 Å². The van der Waals surface area contributed by atoms with Crippen molar-refractivity contribution in [2.75, 3.05) is 0 Å². The van der Waals surface area contributed by atoms with Crippen molar-refractivity contribution in [1.82, 2.24) is 5.16 Å². The zero-order chi connectivity index (χ0) is 14.0. The highest BCUT2D eigenvalue weighted by atomic mass is 79.9. The maximum absolute atomic E-state index is 10.9. The van der Waals surface area contributed by atoms with Gasteiger partial charge in [-0.05, 0) is 50.9 Å². The number of aromatic nitrogens is 1. The molecule has 0 fully saturated rings. The van der Waals surface area contributed by atoms with E-state index in [4.69, 9.17) is 14.4 Å². The molecule has 2 rings (SSSR count). The normalized spacial score (nSPS) is 10.5. The SMILES string of the molecule is Cc1cc(COc2c(Br)cc(C(=O)O)cc2Br)no1. The number of carbonyl (C=O) groups is 1. The second-order valence-electron chi connectivity index (χ2n) is 3.79. The molecule has 0 radical (unpaired) electrons. The number of halogens is 2. The fraction of sp³-hybridized carbons (Fsp3) is 0.167. The van der Waals surface area contributed by atoms with E-state index < -0.39 is 5.97 Å². The molecule has 0 atom stereocenters. The van der Waals surface area contributed by atoms with Crippen molar-refractivity contribution in [3.8, 4) is 5.75 Å². The molecule has 0 aliphatic rings. The fourth-order valence-corrected chi connectivity index (χ4v) is 2.87. The number of carboxylic acid groups (broad SMARTS) is 1. The summed E-state index contributed by atoms with van der Waals surface area (Å²) in [6.45, 7) is 2.03. The number of nitrogens with zero attached hydrogens (tertiary/aromatic N) is 1. The van der Waals surface area contributed by atoms with Crippen molar-refractivity contribution >= 4 is 37.8 Å². The van der Waals surface area contributed by atoms with E-state index in [2.05, 4.69) is 37.0 Å². The van der Waals surface area contributed by atoms with Gasteiger partial charge in [0.1, 0.15) is 23.8 Å². The summed E-state index contributed by atoms with van der Waals surface area (Å²) in [6, 6.07) is 4.74. The number of hydrogen-bond donors (Lipinski definition) is 1. The fourth-order valence-electron chi connectivity index (χ4n) is 1.45. The number of aryl methyl sites for hydroxylation is 1. The molecule has 0 aliphatic carbocycles. The number of rotatable bonds is 4. The summed E-state index contributed by atoms with van der Waals surface area (Å²) in [6.07, 6.45) is 0. The molecule has 5 nitrogen and oxygen atoms in total. The third kappa shape index (κ3) is 3.36. The van der Waals surface area contributed by atoms with Crippen molar-refractivity contribution in [2.24, 2.45) is 0 Å². The van der Waals surface area contributed by atoms with E-state index in [1.54, 1.807) is 13.0 Å². The van der Waals surface area contributed by atoms with Crippen LogP contribution in [-0.2, 0) is 6.61 Å². The minimum atomic E-state index is -1.000. The minimum absolute atomic E-state index is 0.170. The Morgan fingerprint density at radius 1 is 1.37 bits per heavy atom. The molecular formula is C12H9Br2NO4. The largest absolute Gasteiger partial charge is 0.485 e. The van der Waals surface area contributed by atoms with Crippen molar-refractivity contribution < 1.29 is 19.2 Å². The summed E-state index contributed by atoms with van der Waals surface area (Å²) in [5, 5.41) is 12.7. The van der Waals surface area contributed by atoms with Crippen LogP contribution in [0.15, 0.2) is 31.7 Å². The monoisotopic (exact) mass is 389 g/mol. The second kappa shape index (κ2) is 5.75. The molecule has 0 spiro atoms. The third-order valence-corrected chi connectivity index (χ3v) is 3.46. The van der Waals surface area contributed by atoms with Crippen LogP contribution in [0, 0.1) is 6.92 Å². The zero-order valence-corrected chi connectivity index (χ0v) is 13.0. The van der Waals surface area contributed by atoms with Gasteiger partial charge in [0.2, 0.25) is 0 Å². The van der Waals surface area contributed by atoms with Crippen LogP contribution in [-0.4, -0.2) is 16.2 Å². The maximum atomic E-state index is 10.9. The summed E-state index contributed by atoms with van der Waals surface area (Å²) in [5.41, 5.74) is 0.835. The molecule has 1 aromatic carbocycles. The number of carboxylic acids is 1. The van der Waals surface area contributed by atoms with E-state index in [1.807, 2.05) is 0 Å². The summed E-state index contributed by atoms with van der Waals surface area (Å²) in [4.78, 5) is 10.9. The van der Waals surface area contributed by atoms with E-state index in [-0.39, 0.29) is 12.2 Å². The van der Waals surface area contributed by atoms with Gasteiger partial charge in [0.05, 0.1) is 14.5 Å². The van der Waals surface area contributed by atoms with Crippen molar-refractivity contribution in [2.45, 2.75) is 13.5 Å². The Hall–Kier alpha value is -1.34. The summed E-state index contributed by atoms with van der Waals surface area (Å²) in [7, 11) is 0. The molecule has 0 bridgehead atoms. The van der Waals surface area contributed by atoms with Crippen molar-refractivity contribution in [1.29, 1.82) is 0 Å². The Balaban J connectivity index is 2.18. The molecule has 19 heavy (non-hydrogen) atoms. The first-order chi connectivity index (χ1) is 8.97. The van der Waals surface area contributed by atoms with Crippen LogP contribution in [0.1, 0.15) is 21.8 Å². The number of ether oxygens (including phenoxy) is 1. The molecule has 2 aromatic rings. The lowest BCUT2D eigenvalue weighted by molar-refractivity contribution is 0.0696. The number of aromatic carboxylic acids is 1. The lowest BCUT2D eigenvalue weighted by atomic mass is 10.2. The first kappa shape index (κ1) is 14.1. The second-order valence-corrected chi connectivity index (χ2v) is 5.50. The molecule has 0 unspecified atom stereocenters. The van der Waals surface area contributed by atoms with Crippen LogP contribution < -0.4 is 4.74 Å². The molecule has 1 heterocycles. The van der Waals surface area contributed by atoms with E-state index in [1.165, 1.54) is 12.1 Å². The zero-order valence-electron chi connectivity index (χ0n) is 9.81.